The highest BCUT2D eigenvalue weighted by Crippen LogP contribution is 2.15. The van der Waals surface area contributed by atoms with Crippen molar-refractivity contribution in [3.63, 3.8) is 0 Å². The third-order valence-electron chi connectivity index (χ3n) is 3.21. The van der Waals surface area contributed by atoms with Crippen LogP contribution < -0.4 is 5.32 Å². The van der Waals surface area contributed by atoms with Crippen molar-refractivity contribution in [3.8, 4) is 5.75 Å². The van der Waals surface area contributed by atoms with Crippen LogP contribution in [0.4, 0.5) is 0 Å². The Labute approximate surface area is 124 Å². The Morgan fingerprint density at radius 1 is 1.10 bits per heavy atom. The van der Waals surface area contributed by atoms with Gasteiger partial charge in [-0.25, -0.2) is 0 Å². The van der Waals surface area contributed by atoms with E-state index in [-0.39, 0.29) is 11.7 Å². The van der Waals surface area contributed by atoms with Crippen molar-refractivity contribution in [1.82, 2.24) is 5.32 Å². The molecule has 2 aromatic carbocycles. The normalized spacial score (nSPS) is 11.2. The molecule has 0 radical (unpaired) electrons. The highest BCUT2D eigenvalue weighted by molar-refractivity contribution is 5.97. The van der Waals surface area contributed by atoms with Crippen LogP contribution in [0.15, 0.2) is 60.2 Å². The van der Waals surface area contributed by atoms with E-state index in [0.29, 0.717) is 18.5 Å². The fourth-order valence-corrected chi connectivity index (χ4v) is 2.04. The van der Waals surface area contributed by atoms with E-state index < -0.39 is 0 Å². The Hall–Kier alpha value is -2.55. The molecular formula is C18H19NO2. The first-order valence-corrected chi connectivity index (χ1v) is 6.95. The molecule has 0 atom stereocenters. The summed E-state index contributed by atoms with van der Waals surface area (Å²) in [5, 5.41) is 12.5. The number of carbonyl (C=O) groups is 1. The molecule has 21 heavy (non-hydrogen) atoms. The minimum absolute atomic E-state index is 0.0886. The lowest BCUT2D eigenvalue weighted by atomic mass is 10.1. The molecule has 0 bridgehead atoms. The van der Waals surface area contributed by atoms with Crippen LogP contribution in [0.25, 0.3) is 6.08 Å². The number of phenolic OH excluding ortho intramolecular Hbond substituents is 1. The molecular weight excluding hydrogens is 262 g/mol. The van der Waals surface area contributed by atoms with Gasteiger partial charge in [0, 0.05) is 12.1 Å². The third kappa shape index (κ3) is 4.49. The summed E-state index contributed by atoms with van der Waals surface area (Å²) in [4.78, 5) is 12.0. The number of hydrogen-bond donors (Lipinski definition) is 2. The van der Waals surface area contributed by atoms with Crippen LogP contribution in [-0.2, 0) is 11.2 Å². The largest absolute Gasteiger partial charge is 0.508 e. The van der Waals surface area contributed by atoms with Crippen LogP contribution in [0.2, 0.25) is 0 Å². The average Bonchev–Trinajstić information content (AvgIpc) is 2.50. The fraction of sp³-hybridized carbons (Fsp3) is 0.167. The smallest absolute Gasteiger partial charge is 0.246 e. The van der Waals surface area contributed by atoms with Gasteiger partial charge in [0.1, 0.15) is 5.75 Å². The number of benzene rings is 2. The molecule has 0 aromatic heterocycles. The first-order chi connectivity index (χ1) is 10.2. The van der Waals surface area contributed by atoms with E-state index in [1.165, 1.54) is 0 Å². The van der Waals surface area contributed by atoms with Crippen LogP contribution >= 0.6 is 0 Å². The van der Waals surface area contributed by atoms with Gasteiger partial charge in [-0.2, -0.15) is 0 Å². The Morgan fingerprint density at radius 3 is 2.48 bits per heavy atom. The number of phenols is 1. The molecule has 0 aliphatic heterocycles. The van der Waals surface area contributed by atoms with E-state index >= 15 is 0 Å². The van der Waals surface area contributed by atoms with E-state index in [9.17, 15) is 9.90 Å². The zero-order chi connectivity index (χ0) is 15.1. The first kappa shape index (κ1) is 14.9. The summed E-state index contributed by atoms with van der Waals surface area (Å²) in [5.74, 6) is 0.178. The number of para-hydroxylation sites is 1. The first-order valence-electron chi connectivity index (χ1n) is 6.95. The zero-order valence-electron chi connectivity index (χ0n) is 12.0. The van der Waals surface area contributed by atoms with Crippen LogP contribution in [0, 0.1) is 0 Å². The van der Waals surface area contributed by atoms with Gasteiger partial charge in [-0.05, 0) is 36.6 Å². The van der Waals surface area contributed by atoms with E-state index in [4.69, 9.17) is 0 Å². The van der Waals surface area contributed by atoms with Crippen molar-refractivity contribution in [3.05, 3.63) is 71.3 Å². The molecule has 2 aromatic rings. The Bertz CT molecular complexity index is 633. The molecule has 0 saturated carbocycles. The van der Waals surface area contributed by atoms with Gasteiger partial charge in [0.25, 0.3) is 0 Å². The predicted octanol–water partition coefficient (Wildman–Crippen LogP) is 3.15. The summed E-state index contributed by atoms with van der Waals surface area (Å²) >= 11 is 0. The Morgan fingerprint density at radius 2 is 1.76 bits per heavy atom. The standard InChI is InChI=1S/C18H19NO2/c1-14(13-15-7-3-2-4-8-15)18(21)19-12-11-16-9-5-6-10-17(16)20/h2-10,13,20H,11-12H2,1H3,(H,19,21)/b14-13+. The second kappa shape index (κ2) is 7.29. The van der Waals surface area contributed by atoms with Crippen molar-refractivity contribution < 1.29 is 9.90 Å². The maximum Gasteiger partial charge on any atom is 0.246 e. The SMILES string of the molecule is C/C(=C\c1ccccc1)C(=O)NCCc1ccccc1O. The van der Waals surface area contributed by atoms with Crippen molar-refractivity contribution >= 4 is 12.0 Å². The van der Waals surface area contributed by atoms with Crippen molar-refractivity contribution in [2.75, 3.05) is 6.54 Å². The van der Waals surface area contributed by atoms with Crippen molar-refractivity contribution in [2.24, 2.45) is 0 Å². The molecule has 0 spiro atoms. The Balaban J connectivity index is 1.87. The molecule has 1 amide bonds. The summed E-state index contributed by atoms with van der Waals surface area (Å²) in [6, 6.07) is 16.9. The second-order valence-electron chi connectivity index (χ2n) is 4.87. The average molecular weight is 281 g/mol. The Kier molecular flexibility index (Phi) is 5.16. The van der Waals surface area contributed by atoms with Gasteiger partial charge in [0.15, 0.2) is 0 Å². The minimum atomic E-state index is -0.0886. The highest BCUT2D eigenvalue weighted by atomic mass is 16.3. The van der Waals surface area contributed by atoms with Gasteiger partial charge in [0.05, 0.1) is 0 Å². The lowest BCUT2D eigenvalue weighted by molar-refractivity contribution is -0.117. The molecule has 0 fully saturated rings. The summed E-state index contributed by atoms with van der Waals surface area (Å²) < 4.78 is 0. The fourth-order valence-electron chi connectivity index (χ4n) is 2.04. The van der Waals surface area contributed by atoms with E-state index in [1.807, 2.05) is 48.5 Å². The zero-order valence-corrected chi connectivity index (χ0v) is 12.0. The van der Waals surface area contributed by atoms with Gasteiger partial charge in [-0.15, -0.1) is 0 Å². The number of nitrogens with one attached hydrogen (secondary N) is 1. The van der Waals surface area contributed by atoms with Gasteiger partial charge in [-0.1, -0.05) is 48.5 Å². The summed E-state index contributed by atoms with van der Waals surface area (Å²) in [6.07, 6.45) is 2.46. The number of aromatic hydroxyl groups is 1. The molecule has 0 heterocycles. The number of carbonyl (C=O) groups excluding carboxylic acids is 1. The van der Waals surface area contributed by atoms with Crippen LogP contribution in [0.3, 0.4) is 0 Å². The van der Waals surface area contributed by atoms with Crippen molar-refractivity contribution in [1.29, 1.82) is 0 Å². The highest BCUT2D eigenvalue weighted by Gasteiger charge is 2.05. The van der Waals surface area contributed by atoms with Crippen molar-refractivity contribution in [2.45, 2.75) is 13.3 Å². The minimum Gasteiger partial charge on any atom is -0.508 e. The maximum absolute atomic E-state index is 12.0. The van der Waals surface area contributed by atoms with Gasteiger partial charge in [0.2, 0.25) is 5.91 Å². The summed E-state index contributed by atoms with van der Waals surface area (Å²) in [5.41, 5.74) is 2.51. The third-order valence-corrected chi connectivity index (χ3v) is 3.21. The molecule has 2 rings (SSSR count). The van der Waals surface area contributed by atoms with Crippen LogP contribution in [0.1, 0.15) is 18.1 Å². The number of hydrogen-bond acceptors (Lipinski definition) is 2. The van der Waals surface area contributed by atoms with Crippen LogP contribution in [0.5, 0.6) is 5.75 Å². The van der Waals surface area contributed by atoms with Gasteiger partial charge >= 0.3 is 0 Å². The second-order valence-corrected chi connectivity index (χ2v) is 4.87. The monoisotopic (exact) mass is 281 g/mol. The summed E-state index contributed by atoms with van der Waals surface area (Å²) in [6.45, 7) is 2.29. The quantitative estimate of drug-likeness (QED) is 0.827. The summed E-state index contributed by atoms with van der Waals surface area (Å²) in [7, 11) is 0. The van der Waals surface area contributed by atoms with E-state index in [0.717, 1.165) is 11.1 Å². The van der Waals surface area contributed by atoms with Crippen LogP contribution in [-0.4, -0.2) is 17.6 Å². The molecule has 0 aliphatic carbocycles. The van der Waals surface area contributed by atoms with Gasteiger partial charge < -0.3 is 10.4 Å². The van der Waals surface area contributed by atoms with E-state index in [2.05, 4.69) is 5.32 Å². The topological polar surface area (TPSA) is 49.3 Å². The molecule has 3 heteroatoms. The lowest BCUT2D eigenvalue weighted by Crippen LogP contribution is -2.26. The lowest BCUT2D eigenvalue weighted by Gasteiger charge is -2.07. The molecule has 108 valence electrons. The predicted molar refractivity (Wildman–Crippen MR) is 84.9 cm³/mol. The molecule has 0 unspecified atom stereocenters. The molecule has 3 nitrogen and oxygen atoms in total. The number of amides is 1. The van der Waals surface area contributed by atoms with Gasteiger partial charge in [-0.3, -0.25) is 4.79 Å². The maximum atomic E-state index is 12.0. The molecule has 0 aliphatic rings. The number of rotatable bonds is 5. The molecule has 0 saturated heterocycles. The molecule has 2 N–H and O–H groups in total. The van der Waals surface area contributed by atoms with E-state index in [1.54, 1.807) is 19.1 Å².